The highest BCUT2D eigenvalue weighted by Gasteiger charge is 2.23. The topological polar surface area (TPSA) is 20.3 Å². The number of hydrogen-bond acceptors (Lipinski definition) is 2. The number of rotatable bonds is 2. The van der Waals surface area contributed by atoms with Gasteiger partial charge in [0.15, 0.2) is 5.78 Å². The Morgan fingerprint density at radius 2 is 1.81 bits per heavy atom. The number of carbonyl (C=O) groups excluding carboxylic acids is 1. The van der Waals surface area contributed by atoms with E-state index in [9.17, 15) is 4.79 Å². The fourth-order valence-corrected chi connectivity index (χ4v) is 2.38. The molecule has 16 heavy (non-hydrogen) atoms. The van der Waals surface area contributed by atoms with Crippen LogP contribution in [0.25, 0.3) is 0 Å². The van der Waals surface area contributed by atoms with Crippen LogP contribution in [0.5, 0.6) is 0 Å². The van der Waals surface area contributed by atoms with Gasteiger partial charge in [-0.3, -0.25) is 4.79 Å². The van der Waals surface area contributed by atoms with Crippen molar-refractivity contribution in [2.45, 2.75) is 12.8 Å². The SMILES string of the molecule is CN1CCC(C(=O)c2ccc(Br)cc2)CC1. The fraction of sp³-hybridized carbons (Fsp3) is 0.462. The van der Waals surface area contributed by atoms with E-state index >= 15 is 0 Å². The van der Waals surface area contributed by atoms with Gasteiger partial charge in [0.25, 0.3) is 0 Å². The molecular weight excluding hydrogens is 266 g/mol. The van der Waals surface area contributed by atoms with Crippen molar-refractivity contribution in [2.24, 2.45) is 5.92 Å². The van der Waals surface area contributed by atoms with Gasteiger partial charge < -0.3 is 4.90 Å². The van der Waals surface area contributed by atoms with Crippen LogP contribution >= 0.6 is 15.9 Å². The highest BCUT2D eigenvalue weighted by molar-refractivity contribution is 9.10. The Kier molecular flexibility index (Phi) is 3.77. The third-order valence-corrected chi connectivity index (χ3v) is 3.75. The molecule has 0 saturated carbocycles. The zero-order chi connectivity index (χ0) is 11.5. The van der Waals surface area contributed by atoms with E-state index in [1.54, 1.807) is 0 Å². The van der Waals surface area contributed by atoms with E-state index < -0.39 is 0 Å². The minimum atomic E-state index is 0.220. The van der Waals surface area contributed by atoms with Gasteiger partial charge in [-0.15, -0.1) is 0 Å². The van der Waals surface area contributed by atoms with Crippen LogP contribution in [0.1, 0.15) is 23.2 Å². The molecule has 3 heteroatoms. The molecule has 2 rings (SSSR count). The summed E-state index contributed by atoms with van der Waals surface area (Å²) in [6, 6.07) is 7.68. The zero-order valence-corrected chi connectivity index (χ0v) is 11.0. The van der Waals surface area contributed by atoms with E-state index in [0.717, 1.165) is 36.0 Å². The van der Waals surface area contributed by atoms with Gasteiger partial charge in [0.05, 0.1) is 0 Å². The number of hydrogen-bond donors (Lipinski definition) is 0. The van der Waals surface area contributed by atoms with Crippen molar-refractivity contribution in [2.75, 3.05) is 20.1 Å². The lowest BCUT2D eigenvalue weighted by atomic mass is 9.89. The molecular formula is C13H16BrNO. The average Bonchev–Trinajstić information content (AvgIpc) is 2.30. The van der Waals surface area contributed by atoms with Crippen LogP contribution in [0, 0.1) is 5.92 Å². The first-order valence-corrected chi connectivity index (χ1v) is 6.44. The molecule has 1 heterocycles. The molecule has 2 nitrogen and oxygen atoms in total. The van der Waals surface area contributed by atoms with Crippen LogP contribution in [0.3, 0.4) is 0 Å². The number of benzene rings is 1. The summed E-state index contributed by atoms with van der Waals surface area (Å²) >= 11 is 3.38. The van der Waals surface area contributed by atoms with Gasteiger partial charge in [-0.2, -0.15) is 0 Å². The Labute approximate surface area is 105 Å². The van der Waals surface area contributed by atoms with Gasteiger partial charge >= 0.3 is 0 Å². The second-order valence-corrected chi connectivity index (χ2v) is 5.36. The van der Waals surface area contributed by atoms with Crippen LogP contribution in [0.4, 0.5) is 0 Å². The summed E-state index contributed by atoms with van der Waals surface area (Å²) in [5.74, 6) is 0.526. The molecule has 1 aliphatic heterocycles. The number of carbonyl (C=O) groups is 1. The summed E-state index contributed by atoms with van der Waals surface area (Å²) in [5, 5.41) is 0. The first-order valence-electron chi connectivity index (χ1n) is 5.65. The molecule has 1 saturated heterocycles. The van der Waals surface area contributed by atoms with E-state index in [2.05, 4.69) is 27.9 Å². The molecule has 86 valence electrons. The Bertz CT molecular complexity index is 366. The molecule has 1 fully saturated rings. The Morgan fingerprint density at radius 3 is 2.38 bits per heavy atom. The number of Topliss-reactive ketones (excluding diaryl/α,β-unsaturated/α-hetero) is 1. The van der Waals surface area contributed by atoms with Gasteiger partial charge in [0, 0.05) is 16.0 Å². The Balaban J connectivity index is 2.05. The lowest BCUT2D eigenvalue weighted by Crippen LogP contribution is -2.33. The molecule has 0 unspecified atom stereocenters. The molecule has 0 bridgehead atoms. The molecule has 0 spiro atoms. The average molecular weight is 282 g/mol. The molecule has 0 N–H and O–H groups in total. The molecule has 0 atom stereocenters. The smallest absolute Gasteiger partial charge is 0.166 e. The van der Waals surface area contributed by atoms with Crippen LogP contribution in [-0.2, 0) is 0 Å². The fourth-order valence-electron chi connectivity index (χ4n) is 2.12. The van der Waals surface area contributed by atoms with Gasteiger partial charge in [-0.1, -0.05) is 28.1 Å². The van der Waals surface area contributed by atoms with Gasteiger partial charge in [0.1, 0.15) is 0 Å². The standard InChI is InChI=1S/C13H16BrNO/c1-15-8-6-11(7-9-15)13(16)10-2-4-12(14)5-3-10/h2-5,11H,6-9H2,1H3. The van der Waals surface area contributed by atoms with E-state index in [-0.39, 0.29) is 5.92 Å². The van der Waals surface area contributed by atoms with Crippen LogP contribution < -0.4 is 0 Å². The molecule has 0 aromatic heterocycles. The first-order chi connectivity index (χ1) is 7.66. The second-order valence-electron chi connectivity index (χ2n) is 4.45. The largest absolute Gasteiger partial charge is 0.306 e. The molecule has 1 aromatic carbocycles. The predicted octanol–water partition coefficient (Wildman–Crippen LogP) is 2.97. The van der Waals surface area contributed by atoms with Crippen molar-refractivity contribution < 1.29 is 4.79 Å². The van der Waals surface area contributed by atoms with Gasteiger partial charge in [-0.05, 0) is 45.1 Å². The Morgan fingerprint density at radius 1 is 1.25 bits per heavy atom. The third kappa shape index (κ3) is 2.71. The molecule has 1 aliphatic rings. The third-order valence-electron chi connectivity index (χ3n) is 3.22. The van der Waals surface area contributed by atoms with Crippen molar-refractivity contribution >= 4 is 21.7 Å². The number of piperidine rings is 1. The van der Waals surface area contributed by atoms with Crippen LogP contribution in [-0.4, -0.2) is 30.8 Å². The molecule has 1 aromatic rings. The predicted molar refractivity (Wildman–Crippen MR) is 68.7 cm³/mol. The van der Waals surface area contributed by atoms with Crippen molar-refractivity contribution in [1.82, 2.24) is 4.90 Å². The number of ketones is 1. The lowest BCUT2D eigenvalue weighted by molar-refractivity contribution is 0.0857. The zero-order valence-electron chi connectivity index (χ0n) is 9.45. The highest BCUT2D eigenvalue weighted by Crippen LogP contribution is 2.21. The maximum Gasteiger partial charge on any atom is 0.166 e. The van der Waals surface area contributed by atoms with Crippen LogP contribution in [0.15, 0.2) is 28.7 Å². The lowest BCUT2D eigenvalue weighted by Gasteiger charge is -2.27. The molecule has 0 aliphatic carbocycles. The van der Waals surface area contributed by atoms with E-state index in [1.165, 1.54) is 0 Å². The summed E-state index contributed by atoms with van der Waals surface area (Å²) in [6.07, 6.45) is 1.98. The monoisotopic (exact) mass is 281 g/mol. The molecule has 0 amide bonds. The van der Waals surface area contributed by atoms with Gasteiger partial charge in [-0.25, -0.2) is 0 Å². The quantitative estimate of drug-likeness (QED) is 0.777. The minimum absolute atomic E-state index is 0.220. The van der Waals surface area contributed by atoms with Crippen molar-refractivity contribution in [1.29, 1.82) is 0 Å². The summed E-state index contributed by atoms with van der Waals surface area (Å²) in [4.78, 5) is 14.5. The first kappa shape index (κ1) is 11.8. The Hall–Kier alpha value is -0.670. The second kappa shape index (κ2) is 5.11. The van der Waals surface area contributed by atoms with Crippen molar-refractivity contribution in [3.63, 3.8) is 0 Å². The number of nitrogens with zero attached hydrogens (tertiary/aromatic N) is 1. The van der Waals surface area contributed by atoms with E-state index in [0.29, 0.717) is 5.78 Å². The number of halogens is 1. The maximum absolute atomic E-state index is 12.2. The summed E-state index contributed by atoms with van der Waals surface area (Å²) in [6.45, 7) is 2.07. The summed E-state index contributed by atoms with van der Waals surface area (Å²) in [7, 11) is 2.11. The van der Waals surface area contributed by atoms with Crippen molar-refractivity contribution in [3.8, 4) is 0 Å². The normalized spacial score (nSPS) is 18.6. The van der Waals surface area contributed by atoms with Crippen LogP contribution in [0.2, 0.25) is 0 Å². The van der Waals surface area contributed by atoms with E-state index in [1.807, 2.05) is 24.3 Å². The van der Waals surface area contributed by atoms with Crippen molar-refractivity contribution in [3.05, 3.63) is 34.3 Å². The summed E-state index contributed by atoms with van der Waals surface area (Å²) in [5.41, 5.74) is 0.845. The van der Waals surface area contributed by atoms with E-state index in [4.69, 9.17) is 0 Å². The maximum atomic E-state index is 12.2. The molecule has 0 radical (unpaired) electrons. The summed E-state index contributed by atoms with van der Waals surface area (Å²) < 4.78 is 1.02. The van der Waals surface area contributed by atoms with Gasteiger partial charge in [0.2, 0.25) is 0 Å². The minimum Gasteiger partial charge on any atom is -0.306 e. The number of likely N-dealkylation sites (tertiary alicyclic amines) is 1. The highest BCUT2D eigenvalue weighted by atomic mass is 79.9.